The molecule has 2 saturated heterocycles. The molecular formula is C23H34N4O. The topological polar surface area (TPSA) is 53.2 Å². The minimum atomic E-state index is 0.585. The average Bonchev–Trinajstić information content (AvgIpc) is 3.21. The van der Waals surface area contributed by atoms with Crippen molar-refractivity contribution in [3.63, 3.8) is 0 Å². The summed E-state index contributed by atoms with van der Waals surface area (Å²) in [5.74, 6) is 0.585. The van der Waals surface area contributed by atoms with E-state index in [4.69, 9.17) is 4.74 Å². The van der Waals surface area contributed by atoms with E-state index in [1.54, 1.807) is 0 Å². The summed E-state index contributed by atoms with van der Waals surface area (Å²) in [6.07, 6.45) is 15.8. The fourth-order valence-corrected chi connectivity index (χ4v) is 5.62. The number of fused-ring (bicyclic) bond motifs is 1. The second-order valence-electron chi connectivity index (χ2n) is 8.96. The van der Waals surface area contributed by atoms with Gasteiger partial charge in [0.15, 0.2) is 0 Å². The van der Waals surface area contributed by atoms with E-state index < -0.39 is 0 Å². The molecule has 4 heterocycles. The highest BCUT2D eigenvalue weighted by molar-refractivity contribution is 5.93. The van der Waals surface area contributed by atoms with Gasteiger partial charge in [0.2, 0.25) is 0 Å². The van der Waals surface area contributed by atoms with E-state index in [1.807, 2.05) is 6.20 Å². The molecule has 0 unspecified atom stereocenters. The fourth-order valence-electron chi connectivity index (χ4n) is 5.62. The van der Waals surface area contributed by atoms with Gasteiger partial charge in [-0.2, -0.15) is 0 Å². The Labute approximate surface area is 168 Å². The van der Waals surface area contributed by atoms with Gasteiger partial charge in [-0.25, -0.2) is 4.98 Å². The number of piperidine rings is 1. The average molecular weight is 383 g/mol. The van der Waals surface area contributed by atoms with Crippen LogP contribution in [0.4, 0.5) is 5.69 Å². The van der Waals surface area contributed by atoms with Crippen LogP contribution < -0.4 is 5.32 Å². The number of aromatic nitrogens is 2. The van der Waals surface area contributed by atoms with Crippen molar-refractivity contribution in [2.75, 3.05) is 31.6 Å². The van der Waals surface area contributed by atoms with Crippen LogP contribution in [0.5, 0.6) is 0 Å². The number of hydrogen-bond donors (Lipinski definition) is 2. The maximum absolute atomic E-state index is 5.58. The van der Waals surface area contributed by atoms with Gasteiger partial charge in [0.25, 0.3) is 0 Å². The Hall–Kier alpha value is -1.59. The Balaban J connectivity index is 1.28. The Morgan fingerprint density at radius 1 is 1.00 bits per heavy atom. The summed E-state index contributed by atoms with van der Waals surface area (Å²) in [5, 5.41) is 5.22. The first-order valence-corrected chi connectivity index (χ1v) is 11.4. The quantitative estimate of drug-likeness (QED) is 0.807. The number of ether oxygens (including phenoxy) is 1. The molecule has 0 atom stereocenters. The van der Waals surface area contributed by atoms with Gasteiger partial charge in [-0.1, -0.05) is 6.42 Å². The van der Waals surface area contributed by atoms with Crippen molar-refractivity contribution in [2.45, 2.75) is 75.8 Å². The minimum Gasteiger partial charge on any atom is -0.382 e. The molecule has 2 aromatic rings. The van der Waals surface area contributed by atoms with Crippen LogP contribution in [0.3, 0.4) is 0 Å². The Morgan fingerprint density at radius 3 is 2.57 bits per heavy atom. The van der Waals surface area contributed by atoms with Gasteiger partial charge in [-0.05, 0) is 82.0 Å². The van der Waals surface area contributed by atoms with Crippen LogP contribution in [0, 0.1) is 0 Å². The van der Waals surface area contributed by atoms with Crippen LogP contribution in [-0.4, -0.2) is 53.3 Å². The van der Waals surface area contributed by atoms with Gasteiger partial charge in [-0.3, -0.25) is 0 Å². The van der Waals surface area contributed by atoms with Crippen molar-refractivity contribution in [1.82, 2.24) is 14.9 Å². The highest BCUT2D eigenvalue weighted by atomic mass is 16.5. The van der Waals surface area contributed by atoms with E-state index in [9.17, 15) is 0 Å². The third-order valence-electron chi connectivity index (χ3n) is 7.23. The largest absolute Gasteiger partial charge is 0.382 e. The summed E-state index contributed by atoms with van der Waals surface area (Å²) < 4.78 is 5.58. The number of H-pyrrole nitrogens is 1. The third-order valence-corrected chi connectivity index (χ3v) is 7.23. The van der Waals surface area contributed by atoms with Gasteiger partial charge in [0.1, 0.15) is 5.65 Å². The number of pyridine rings is 1. The molecule has 152 valence electrons. The van der Waals surface area contributed by atoms with Crippen LogP contribution in [0.15, 0.2) is 18.5 Å². The first kappa shape index (κ1) is 18.4. The van der Waals surface area contributed by atoms with Crippen molar-refractivity contribution < 1.29 is 4.74 Å². The van der Waals surface area contributed by atoms with E-state index >= 15 is 0 Å². The fraction of sp³-hybridized carbons (Fsp3) is 0.696. The lowest BCUT2D eigenvalue weighted by Crippen LogP contribution is -2.43. The molecule has 0 radical (unpaired) electrons. The minimum absolute atomic E-state index is 0.585. The zero-order valence-corrected chi connectivity index (χ0v) is 17.0. The zero-order chi connectivity index (χ0) is 18.8. The second-order valence-corrected chi connectivity index (χ2v) is 8.96. The monoisotopic (exact) mass is 382 g/mol. The molecule has 1 aliphatic carbocycles. The molecule has 5 heteroatoms. The molecule has 0 aromatic carbocycles. The standard InChI is InChI=1S/C23H34N4O/c1-2-12-27(13-3-1)19-6-4-18(5-7-19)26-21-8-11-24-23-22(21)20(16-25-23)17-9-14-28-15-10-17/h8,11,16-19H,1-7,9-10,12-15H2,(H2,24,25,26). The summed E-state index contributed by atoms with van der Waals surface area (Å²) in [7, 11) is 0. The highest BCUT2D eigenvalue weighted by Gasteiger charge is 2.27. The highest BCUT2D eigenvalue weighted by Crippen LogP contribution is 2.36. The normalized spacial score (nSPS) is 27.9. The third kappa shape index (κ3) is 3.79. The molecule has 0 amide bonds. The second kappa shape index (κ2) is 8.42. The Morgan fingerprint density at radius 2 is 1.79 bits per heavy atom. The number of nitrogens with one attached hydrogen (secondary N) is 2. The molecule has 5 nitrogen and oxygen atoms in total. The lowest BCUT2D eigenvalue weighted by Gasteiger charge is -2.39. The number of likely N-dealkylation sites (tertiary alicyclic amines) is 1. The lowest BCUT2D eigenvalue weighted by molar-refractivity contribution is 0.0856. The van der Waals surface area contributed by atoms with Gasteiger partial charge in [0, 0.05) is 48.8 Å². The molecule has 3 fully saturated rings. The van der Waals surface area contributed by atoms with E-state index in [2.05, 4.69) is 32.4 Å². The van der Waals surface area contributed by atoms with E-state index in [0.717, 1.165) is 37.7 Å². The predicted octanol–water partition coefficient (Wildman–Crippen LogP) is 4.67. The molecule has 2 aliphatic heterocycles. The zero-order valence-electron chi connectivity index (χ0n) is 17.0. The van der Waals surface area contributed by atoms with Crippen molar-refractivity contribution in [3.8, 4) is 0 Å². The molecular weight excluding hydrogens is 348 g/mol. The summed E-state index contributed by atoms with van der Waals surface area (Å²) in [6.45, 7) is 4.40. The molecule has 0 bridgehead atoms. The number of rotatable bonds is 4. The van der Waals surface area contributed by atoms with E-state index in [0.29, 0.717) is 12.0 Å². The first-order valence-electron chi connectivity index (χ1n) is 11.4. The molecule has 2 N–H and O–H groups in total. The maximum atomic E-state index is 5.58. The van der Waals surface area contributed by atoms with Crippen LogP contribution in [0.2, 0.25) is 0 Å². The van der Waals surface area contributed by atoms with Gasteiger partial charge in [-0.15, -0.1) is 0 Å². The van der Waals surface area contributed by atoms with Crippen LogP contribution in [-0.2, 0) is 4.74 Å². The Kier molecular flexibility index (Phi) is 5.54. The molecule has 2 aromatic heterocycles. The van der Waals surface area contributed by atoms with Crippen molar-refractivity contribution in [3.05, 3.63) is 24.0 Å². The molecule has 1 saturated carbocycles. The van der Waals surface area contributed by atoms with E-state index in [-0.39, 0.29) is 0 Å². The summed E-state index contributed by atoms with van der Waals surface area (Å²) in [4.78, 5) is 10.8. The summed E-state index contributed by atoms with van der Waals surface area (Å²) >= 11 is 0. The summed E-state index contributed by atoms with van der Waals surface area (Å²) in [5.41, 5.74) is 3.72. The first-order chi connectivity index (χ1) is 13.9. The van der Waals surface area contributed by atoms with E-state index in [1.165, 1.54) is 74.7 Å². The van der Waals surface area contributed by atoms with Gasteiger partial charge < -0.3 is 19.9 Å². The Bertz CT molecular complexity index is 768. The number of aromatic amines is 1. The molecule has 0 spiro atoms. The molecule has 5 rings (SSSR count). The SMILES string of the molecule is c1cc(NC2CCC(N3CCCCC3)CC2)c2c(C3CCOCC3)c[nH]c2n1. The van der Waals surface area contributed by atoms with Gasteiger partial charge in [0.05, 0.1) is 0 Å². The smallest absolute Gasteiger partial charge is 0.139 e. The number of anilines is 1. The van der Waals surface area contributed by atoms with Crippen molar-refractivity contribution in [1.29, 1.82) is 0 Å². The van der Waals surface area contributed by atoms with Crippen LogP contribution in [0.1, 0.15) is 69.3 Å². The molecule has 3 aliphatic rings. The predicted molar refractivity (Wildman–Crippen MR) is 114 cm³/mol. The number of nitrogens with zero attached hydrogens (tertiary/aromatic N) is 2. The lowest BCUT2D eigenvalue weighted by atomic mass is 9.88. The van der Waals surface area contributed by atoms with Gasteiger partial charge >= 0.3 is 0 Å². The van der Waals surface area contributed by atoms with Crippen molar-refractivity contribution in [2.24, 2.45) is 0 Å². The summed E-state index contributed by atoms with van der Waals surface area (Å²) in [6, 6.07) is 3.58. The van der Waals surface area contributed by atoms with Crippen LogP contribution >= 0.6 is 0 Å². The maximum Gasteiger partial charge on any atom is 0.139 e. The molecule has 28 heavy (non-hydrogen) atoms. The van der Waals surface area contributed by atoms with Crippen LogP contribution in [0.25, 0.3) is 11.0 Å². The number of hydrogen-bond acceptors (Lipinski definition) is 4. The van der Waals surface area contributed by atoms with Crippen molar-refractivity contribution >= 4 is 16.7 Å².